The van der Waals surface area contributed by atoms with Gasteiger partial charge in [0.25, 0.3) is 0 Å². The predicted octanol–water partition coefficient (Wildman–Crippen LogP) is 7.31. The van der Waals surface area contributed by atoms with E-state index in [1.807, 2.05) is 0 Å². The summed E-state index contributed by atoms with van der Waals surface area (Å²) in [7, 11) is 0. The maximum absolute atomic E-state index is 2.34. The summed E-state index contributed by atoms with van der Waals surface area (Å²) in [6, 6.07) is 10.7. The van der Waals surface area contributed by atoms with Crippen LogP contribution in [0.15, 0.2) is 49.1 Å². The van der Waals surface area contributed by atoms with Crippen LogP contribution in [-0.4, -0.2) is 4.57 Å². The summed E-state index contributed by atoms with van der Waals surface area (Å²) in [6.45, 7) is 4.41. The molecule has 0 saturated carbocycles. The Hall–Kier alpha value is -1.57. The second-order valence-electron chi connectivity index (χ2n) is 8.41. The van der Waals surface area contributed by atoms with Gasteiger partial charge in [0.05, 0.1) is 6.54 Å². The van der Waals surface area contributed by atoms with E-state index in [9.17, 15) is 0 Å². The second-order valence-corrected chi connectivity index (χ2v) is 8.41. The Balaban J connectivity index is 1.39. The first-order valence-corrected chi connectivity index (χ1v) is 12.0. The molecule has 0 aliphatic rings. The van der Waals surface area contributed by atoms with Gasteiger partial charge in [0, 0.05) is 0 Å². The zero-order valence-electron chi connectivity index (χ0n) is 18.3. The Morgan fingerprint density at radius 1 is 0.679 bits per heavy atom. The molecule has 156 valence electrons. The van der Waals surface area contributed by atoms with Crippen molar-refractivity contribution in [2.24, 2.45) is 0 Å². The van der Waals surface area contributed by atoms with Crippen molar-refractivity contribution in [3.63, 3.8) is 0 Å². The number of aromatic nitrogens is 2. The lowest BCUT2D eigenvalue weighted by molar-refractivity contribution is -0.687. The van der Waals surface area contributed by atoms with E-state index in [4.69, 9.17) is 0 Å². The van der Waals surface area contributed by atoms with Crippen molar-refractivity contribution in [2.45, 2.75) is 110 Å². The molecule has 0 atom stereocenters. The van der Waals surface area contributed by atoms with E-state index in [1.165, 1.54) is 95.5 Å². The van der Waals surface area contributed by atoms with Gasteiger partial charge in [-0.15, -0.1) is 0 Å². The van der Waals surface area contributed by atoms with Gasteiger partial charge < -0.3 is 0 Å². The van der Waals surface area contributed by atoms with Gasteiger partial charge in [-0.1, -0.05) is 114 Å². The molecule has 0 spiro atoms. The summed E-state index contributed by atoms with van der Waals surface area (Å²) in [5.74, 6) is 0. The molecule has 2 nitrogen and oxygen atoms in total. The molecule has 2 rings (SSSR count). The third kappa shape index (κ3) is 10.7. The van der Waals surface area contributed by atoms with Crippen LogP contribution < -0.4 is 4.57 Å². The molecule has 0 bridgehead atoms. The number of hydrogen-bond acceptors (Lipinski definition) is 0. The highest BCUT2D eigenvalue weighted by Gasteiger charge is 2.04. The lowest BCUT2D eigenvalue weighted by atomic mass is 10.0. The fourth-order valence-electron chi connectivity index (χ4n) is 3.95. The minimum atomic E-state index is 0.965. The third-order valence-corrected chi connectivity index (χ3v) is 5.72. The number of benzene rings is 1. The van der Waals surface area contributed by atoms with Crippen LogP contribution in [-0.2, 0) is 13.1 Å². The standard InChI is InChI=1S/C26H43N2/c1-2-3-4-5-6-7-8-9-10-11-12-13-14-18-21-27-22-23-28(25-27)24-26-19-16-15-17-20-26/h15-17,19-20,22-23,25H,2-14,18,21,24H2,1H3/q+1. The number of imidazole rings is 1. The molecule has 0 fully saturated rings. The van der Waals surface area contributed by atoms with E-state index < -0.39 is 0 Å². The van der Waals surface area contributed by atoms with Gasteiger partial charge in [-0.2, -0.15) is 0 Å². The first-order chi connectivity index (χ1) is 13.9. The lowest BCUT2D eigenvalue weighted by Gasteiger charge is -2.03. The topological polar surface area (TPSA) is 8.81 Å². The summed E-state index contributed by atoms with van der Waals surface area (Å²) in [5, 5.41) is 0. The summed E-state index contributed by atoms with van der Waals surface area (Å²) in [5.41, 5.74) is 1.36. The molecule has 1 aromatic carbocycles. The van der Waals surface area contributed by atoms with E-state index >= 15 is 0 Å². The van der Waals surface area contributed by atoms with Crippen LogP contribution in [0.3, 0.4) is 0 Å². The molecule has 0 amide bonds. The Morgan fingerprint density at radius 3 is 1.79 bits per heavy atom. The van der Waals surface area contributed by atoms with E-state index in [1.54, 1.807) is 0 Å². The molecule has 1 aromatic heterocycles. The van der Waals surface area contributed by atoms with Crippen LogP contribution in [0.5, 0.6) is 0 Å². The van der Waals surface area contributed by atoms with E-state index in [0.717, 1.165) is 13.1 Å². The monoisotopic (exact) mass is 383 g/mol. The average Bonchev–Trinajstić information content (AvgIpc) is 3.16. The molecule has 0 N–H and O–H groups in total. The Morgan fingerprint density at radius 2 is 1.21 bits per heavy atom. The predicted molar refractivity (Wildman–Crippen MR) is 120 cm³/mol. The second kappa shape index (κ2) is 15.4. The molecule has 0 aliphatic carbocycles. The minimum absolute atomic E-state index is 0.965. The van der Waals surface area contributed by atoms with Crippen LogP contribution in [0.25, 0.3) is 0 Å². The van der Waals surface area contributed by atoms with Crippen LogP contribution in [0.4, 0.5) is 0 Å². The molecule has 2 heteroatoms. The van der Waals surface area contributed by atoms with Gasteiger partial charge in [0.15, 0.2) is 0 Å². The van der Waals surface area contributed by atoms with E-state index in [0.29, 0.717) is 0 Å². The fraction of sp³-hybridized carbons (Fsp3) is 0.654. The summed E-state index contributed by atoms with van der Waals surface area (Å²) in [6.07, 6.45) is 26.6. The summed E-state index contributed by atoms with van der Waals surface area (Å²) < 4.78 is 4.61. The van der Waals surface area contributed by atoms with Crippen LogP contribution in [0, 0.1) is 0 Å². The zero-order valence-corrected chi connectivity index (χ0v) is 18.3. The lowest BCUT2D eigenvalue weighted by Crippen LogP contribution is -2.31. The number of rotatable bonds is 17. The molecule has 28 heavy (non-hydrogen) atoms. The van der Waals surface area contributed by atoms with Crippen LogP contribution in [0.1, 0.15) is 102 Å². The number of hydrogen-bond donors (Lipinski definition) is 0. The van der Waals surface area contributed by atoms with Gasteiger partial charge in [0.1, 0.15) is 18.9 Å². The average molecular weight is 384 g/mol. The molecular weight excluding hydrogens is 340 g/mol. The SMILES string of the molecule is CCCCCCCCCCCCCCCCn1cc[n+](Cc2ccccc2)c1. The van der Waals surface area contributed by atoms with E-state index in [2.05, 4.69) is 65.1 Å². The highest BCUT2D eigenvalue weighted by molar-refractivity contribution is 5.13. The maximum Gasteiger partial charge on any atom is 0.244 e. The highest BCUT2D eigenvalue weighted by atomic mass is 15.1. The molecule has 0 aliphatic heterocycles. The van der Waals surface area contributed by atoms with Crippen molar-refractivity contribution in [3.05, 3.63) is 54.6 Å². The van der Waals surface area contributed by atoms with Crippen molar-refractivity contribution in [1.29, 1.82) is 0 Å². The molecule has 2 aromatic rings. The van der Waals surface area contributed by atoms with Crippen LogP contribution >= 0.6 is 0 Å². The highest BCUT2D eigenvalue weighted by Crippen LogP contribution is 2.13. The van der Waals surface area contributed by atoms with Gasteiger partial charge in [0.2, 0.25) is 6.33 Å². The van der Waals surface area contributed by atoms with Gasteiger partial charge >= 0.3 is 0 Å². The third-order valence-electron chi connectivity index (χ3n) is 5.72. The minimum Gasteiger partial charge on any atom is -0.237 e. The summed E-state index contributed by atoms with van der Waals surface area (Å²) >= 11 is 0. The summed E-state index contributed by atoms with van der Waals surface area (Å²) in [4.78, 5) is 0. The first kappa shape index (κ1) is 22.7. The van der Waals surface area contributed by atoms with Crippen molar-refractivity contribution in [3.8, 4) is 0 Å². The van der Waals surface area contributed by atoms with Gasteiger partial charge in [-0.25, -0.2) is 9.13 Å². The molecule has 0 radical (unpaired) electrons. The largest absolute Gasteiger partial charge is 0.244 e. The molecular formula is C26H43N2+. The van der Waals surface area contributed by atoms with Crippen molar-refractivity contribution < 1.29 is 4.57 Å². The quantitative estimate of drug-likeness (QED) is 0.200. The van der Waals surface area contributed by atoms with Crippen LogP contribution in [0.2, 0.25) is 0 Å². The van der Waals surface area contributed by atoms with Crippen molar-refractivity contribution in [1.82, 2.24) is 4.57 Å². The molecule has 0 saturated heterocycles. The molecule has 0 unspecified atom stereocenters. The number of nitrogens with zero attached hydrogens (tertiary/aromatic N) is 2. The first-order valence-electron chi connectivity index (χ1n) is 12.0. The Labute approximate surface area is 174 Å². The van der Waals surface area contributed by atoms with Gasteiger partial charge in [-0.3, -0.25) is 0 Å². The van der Waals surface area contributed by atoms with Crippen molar-refractivity contribution in [2.75, 3.05) is 0 Å². The fourth-order valence-corrected chi connectivity index (χ4v) is 3.95. The van der Waals surface area contributed by atoms with Crippen molar-refractivity contribution >= 4 is 0 Å². The maximum atomic E-state index is 2.34. The number of unbranched alkanes of at least 4 members (excludes halogenated alkanes) is 13. The Bertz CT molecular complexity index is 587. The number of aryl methyl sites for hydroxylation is 1. The zero-order chi connectivity index (χ0) is 19.7. The smallest absolute Gasteiger partial charge is 0.237 e. The Kier molecular flexibility index (Phi) is 12.5. The van der Waals surface area contributed by atoms with E-state index in [-0.39, 0.29) is 0 Å². The molecule has 1 heterocycles. The van der Waals surface area contributed by atoms with Gasteiger partial charge in [-0.05, 0) is 18.4 Å². The normalized spacial score (nSPS) is 11.2.